The fourth-order valence-corrected chi connectivity index (χ4v) is 3.29. The van der Waals surface area contributed by atoms with Crippen LogP contribution in [0.3, 0.4) is 0 Å². The van der Waals surface area contributed by atoms with Crippen LogP contribution in [-0.2, 0) is 20.9 Å². The van der Waals surface area contributed by atoms with E-state index in [-0.39, 0.29) is 17.4 Å². The Morgan fingerprint density at radius 2 is 1.93 bits per heavy atom. The number of rotatable bonds is 6. The van der Waals surface area contributed by atoms with Crippen molar-refractivity contribution in [1.82, 2.24) is 5.32 Å². The van der Waals surface area contributed by atoms with Crippen molar-refractivity contribution in [3.63, 3.8) is 0 Å². The summed E-state index contributed by atoms with van der Waals surface area (Å²) in [6.45, 7) is 4.42. The Bertz CT molecular complexity index is 927. The van der Waals surface area contributed by atoms with Gasteiger partial charge in [-0.05, 0) is 44.0 Å². The van der Waals surface area contributed by atoms with E-state index in [4.69, 9.17) is 16.3 Å². The van der Waals surface area contributed by atoms with Crippen LogP contribution in [0.15, 0.2) is 42.5 Å². The standard InChI is InChI=1S/C22H23ClN2O4/c1-14-5-7-16(8-6-14)13-24-21(27)15(2)29-22(28)17-9-10-18(23)19(12-17)25-11-3-4-20(25)26/h5-10,12,15H,3-4,11,13H2,1-2H3,(H,24,27)/t15-/m0/s1. The Morgan fingerprint density at radius 1 is 1.21 bits per heavy atom. The predicted molar refractivity (Wildman–Crippen MR) is 111 cm³/mol. The highest BCUT2D eigenvalue weighted by Gasteiger charge is 2.25. The van der Waals surface area contributed by atoms with Crippen molar-refractivity contribution >= 4 is 35.1 Å². The van der Waals surface area contributed by atoms with Crippen molar-refractivity contribution in [3.05, 3.63) is 64.2 Å². The number of benzene rings is 2. The lowest BCUT2D eigenvalue weighted by Crippen LogP contribution is -2.35. The maximum atomic E-state index is 12.5. The molecule has 152 valence electrons. The van der Waals surface area contributed by atoms with Crippen LogP contribution in [0.4, 0.5) is 5.69 Å². The van der Waals surface area contributed by atoms with Crippen molar-refractivity contribution in [2.75, 3.05) is 11.4 Å². The summed E-state index contributed by atoms with van der Waals surface area (Å²) in [5, 5.41) is 3.15. The van der Waals surface area contributed by atoms with E-state index in [0.717, 1.165) is 17.5 Å². The molecular formula is C22H23ClN2O4. The molecule has 0 unspecified atom stereocenters. The third-order valence-electron chi connectivity index (χ3n) is 4.79. The van der Waals surface area contributed by atoms with Gasteiger partial charge in [-0.3, -0.25) is 9.59 Å². The molecule has 1 heterocycles. The summed E-state index contributed by atoms with van der Waals surface area (Å²) in [7, 11) is 0. The highest BCUT2D eigenvalue weighted by molar-refractivity contribution is 6.34. The number of nitrogens with zero attached hydrogens (tertiary/aromatic N) is 1. The first-order valence-corrected chi connectivity index (χ1v) is 9.87. The van der Waals surface area contributed by atoms with Crippen molar-refractivity contribution in [3.8, 4) is 0 Å². The van der Waals surface area contributed by atoms with E-state index in [1.807, 2.05) is 31.2 Å². The maximum absolute atomic E-state index is 12.5. The molecule has 1 aliphatic heterocycles. The third kappa shape index (κ3) is 5.15. The highest BCUT2D eigenvalue weighted by atomic mass is 35.5. The zero-order chi connectivity index (χ0) is 21.0. The molecule has 0 aromatic heterocycles. The summed E-state index contributed by atoms with van der Waals surface area (Å²) < 4.78 is 5.29. The lowest BCUT2D eigenvalue weighted by molar-refractivity contribution is -0.129. The number of carbonyl (C=O) groups is 3. The van der Waals surface area contributed by atoms with Gasteiger partial charge in [0.2, 0.25) is 5.91 Å². The molecule has 1 fully saturated rings. The number of halogens is 1. The van der Waals surface area contributed by atoms with Crippen LogP contribution >= 0.6 is 11.6 Å². The number of hydrogen-bond donors (Lipinski definition) is 1. The van der Waals surface area contributed by atoms with Gasteiger partial charge in [0.05, 0.1) is 16.3 Å². The molecule has 3 rings (SSSR count). The summed E-state index contributed by atoms with van der Waals surface area (Å²) in [5.74, 6) is -1.06. The van der Waals surface area contributed by atoms with E-state index >= 15 is 0 Å². The number of amides is 2. The second-order valence-electron chi connectivity index (χ2n) is 7.07. The number of anilines is 1. The largest absolute Gasteiger partial charge is 0.449 e. The van der Waals surface area contributed by atoms with Gasteiger partial charge in [0.15, 0.2) is 6.10 Å². The molecule has 1 aliphatic rings. The number of ether oxygens (including phenoxy) is 1. The van der Waals surface area contributed by atoms with Gasteiger partial charge >= 0.3 is 5.97 Å². The molecule has 7 heteroatoms. The van der Waals surface area contributed by atoms with Crippen molar-refractivity contribution in [2.24, 2.45) is 0 Å². The van der Waals surface area contributed by atoms with Crippen LogP contribution in [0.5, 0.6) is 0 Å². The summed E-state index contributed by atoms with van der Waals surface area (Å²) >= 11 is 6.20. The molecule has 2 aromatic rings. The van der Waals surface area contributed by atoms with Gasteiger partial charge in [-0.1, -0.05) is 41.4 Å². The van der Waals surface area contributed by atoms with E-state index in [1.54, 1.807) is 11.0 Å². The number of aryl methyl sites for hydroxylation is 1. The summed E-state index contributed by atoms with van der Waals surface area (Å²) in [6.07, 6.45) is 0.256. The van der Waals surface area contributed by atoms with Gasteiger partial charge in [0, 0.05) is 19.5 Å². The Hall–Kier alpha value is -2.86. The van der Waals surface area contributed by atoms with Crippen LogP contribution in [0.2, 0.25) is 5.02 Å². The van der Waals surface area contributed by atoms with Crippen molar-refractivity contribution in [1.29, 1.82) is 0 Å². The number of esters is 1. The van der Waals surface area contributed by atoms with Gasteiger partial charge in [0.25, 0.3) is 5.91 Å². The SMILES string of the molecule is Cc1ccc(CNC(=O)[C@H](C)OC(=O)c2ccc(Cl)c(N3CCCC3=O)c2)cc1. The zero-order valence-corrected chi connectivity index (χ0v) is 17.2. The molecule has 1 atom stereocenters. The Labute approximate surface area is 174 Å². The number of hydrogen-bond acceptors (Lipinski definition) is 4. The van der Waals surface area contributed by atoms with Gasteiger partial charge in [-0.2, -0.15) is 0 Å². The van der Waals surface area contributed by atoms with Crippen LogP contribution in [0, 0.1) is 6.92 Å². The molecule has 29 heavy (non-hydrogen) atoms. The Balaban J connectivity index is 1.61. The van der Waals surface area contributed by atoms with Gasteiger partial charge in [-0.25, -0.2) is 4.79 Å². The quantitative estimate of drug-likeness (QED) is 0.732. The first-order valence-electron chi connectivity index (χ1n) is 9.49. The minimum atomic E-state index is -0.958. The summed E-state index contributed by atoms with van der Waals surface area (Å²) in [4.78, 5) is 38.3. The monoisotopic (exact) mass is 414 g/mol. The lowest BCUT2D eigenvalue weighted by atomic mass is 10.1. The van der Waals surface area contributed by atoms with Crippen LogP contribution in [-0.4, -0.2) is 30.4 Å². The number of nitrogens with one attached hydrogen (secondary N) is 1. The fourth-order valence-electron chi connectivity index (χ4n) is 3.07. The second kappa shape index (κ2) is 9.09. The first kappa shape index (κ1) is 20.9. The molecule has 2 amide bonds. The molecule has 1 N–H and O–H groups in total. The maximum Gasteiger partial charge on any atom is 0.338 e. The molecule has 0 saturated carbocycles. The number of carbonyl (C=O) groups excluding carboxylic acids is 3. The molecule has 0 bridgehead atoms. The van der Waals surface area contributed by atoms with E-state index in [9.17, 15) is 14.4 Å². The average molecular weight is 415 g/mol. The smallest absolute Gasteiger partial charge is 0.338 e. The second-order valence-corrected chi connectivity index (χ2v) is 7.47. The van der Waals surface area contributed by atoms with Crippen molar-refractivity contribution in [2.45, 2.75) is 39.3 Å². The van der Waals surface area contributed by atoms with Gasteiger partial charge < -0.3 is 15.0 Å². The van der Waals surface area contributed by atoms with Crippen LogP contribution in [0.1, 0.15) is 41.3 Å². The molecule has 1 saturated heterocycles. The minimum Gasteiger partial charge on any atom is -0.449 e. The zero-order valence-electron chi connectivity index (χ0n) is 16.4. The molecule has 0 spiro atoms. The average Bonchev–Trinajstić information content (AvgIpc) is 3.13. The van der Waals surface area contributed by atoms with E-state index in [0.29, 0.717) is 30.2 Å². The molecule has 2 aromatic carbocycles. The van der Waals surface area contributed by atoms with E-state index < -0.39 is 12.1 Å². The Morgan fingerprint density at radius 3 is 2.59 bits per heavy atom. The van der Waals surface area contributed by atoms with Gasteiger partial charge in [-0.15, -0.1) is 0 Å². The lowest BCUT2D eigenvalue weighted by Gasteiger charge is -2.19. The van der Waals surface area contributed by atoms with Gasteiger partial charge in [0.1, 0.15) is 0 Å². The van der Waals surface area contributed by atoms with Crippen molar-refractivity contribution < 1.29 is 19.1 Å². The summed E-state index contributed by atoms with van der Waals surface area (Å²) in [6, 6.07) is 12.4. The molecule has 0 aliphatic carbocycles. The third-order valence-corrected chi connectivity index (χ3v) is 5.11. The van der Waals surface area contributed by atoms with Crippen LogP contribution < -0.4 is 10.2 Å². The van der Waals surface area contributed by atoms with E-state index in [2.05, 4.69) is 5.32 Å². The highest BCUT2D eigenvalue weighted by Crippen LogP contribution is 2.30. The van der Waals surface area contributed by atoms with Crippen LogP contribution in [0.25, 0.3) is 0 Å². The Kier molecular flexibility index (Phi) is 6.54. The topological polar surface area (TPSA) is 75.7 Å². The first-order chi connectivity index (χ1) is 13.8. The normalized spacial score (nSPS) is 14.6. The van der Waals surface area contributed by atoms with E-state index in [1.165, 1.54) is 19.1 Å². The summed E-state index contributed by atoms with van der Waals surface area (Å²) in [5.41, 5.74) is 2.82. The fraction of sp³-hybridized carbons (Fsp3) is 0.318. The molecular weight excluding hydrogens is 392 g/mol. The molecule has 6 nitrogen and oxygen atoms in total. The minimum absolute atomic E-state index is 0.0266. The molecule has 0 radical (unpaired) electrons. The predicted octanol–water partition coefficient (Wildman–Crippen LogP) is 3.64.